The smallest absolute Gasteiger partial charge is 0.166 e. The zero-order chi connectivity index (χ0) is 18.2. The van der Waals surface area contributed by atoms with Gasteiger partial charge in [0.1, 0.15) is 11.2 Å². The number of pyridine rings is 3. The Morgan fingerprint density at radius 1 is 0.679 bits per heavy atom. The lowest BCUT2D eigenvalue weighted by atomic mass is 10.0. The highest BCUT2D eigenvalue weighted by molar-refractivity contribution is 6.12. The molecule has 0 bridgehead atoms. The molecule has 4 heterocycles. The summed E-state index contributed by atoms with van der Waals surface area (Å²) in [5, 5.41) is 2.18. The zero-order valence-electron chi connectivity index (χ0n) is 14.9. The van der Waals surface area contributed by atoms with Gasteiger partial charge in [0, 0.05) is 28.7 Å². The van der Waals surface area contributed by atoms with Crippen molar-refractivity contribution in [1.82, 2.24) is 19.4 Å². The van der Waals surface area contributed by atoms with Gasteiger partial charge in [-0.2, -0.15) is 0 Å². The summed E-state index contributed by atoms with van der Waals surface area (Å²) in [5.41, 5.74) is 10.1. The number of nitrogens with zero attached hydrogens (tertiary/aromatic N) is 4. The van der Waals surface area contributed by atoms with Gasteiger partial charge in [-0.15, -0.1) is 0 Å². The van der Waals surface area contributed by atoms with Crippen LogP contribution in [0.1, 0.15) is 11.1 Å². The molecular weight excluding hydrogens is 344 g/mol. The van der Waals surface area contributed by atoms with Crippen molar-refractivity contribution in [2.75, 3.05) is 0 Å². The van der Waals surface area contributed by atoms with E-state index in [9.17, 15) is 0 Å². The number of rotatable bonds is 0. The van der Waals surface area contributed by atoms with Crippen LogP contribution in [0.2, 0.25) is 0 Å². The largest absolute Gasteiger partial charge is 0.274 e. The van der Waals surface area contributed by atoms with Crippen LogP contribution >= 0.6 is 0 Å². The van der Waals surface area contributed by atoms with Crippen molar-refractivity contribution in [2.24, 2.45) is 0 Å². The van der Waals surface area contributed by atoms with Gasteiger partial charge in [0.15, 0.2) is 5.65 Å². The maximum atomic E-state index is 5.12. The Labute approximate surface area is 160 Å². The van der Waals surface area contributed by atoms with Gasteiger partial charge < -0.3 is 0 Å². The standard InChI is InChI=1S/C24H14N4/c1-2-6-16-14(5-1)13-15-9-10-19-22(20(15)16)27-24-21-17(7-3-11-25-21)18-8-4-12-26-23(18)28(19)24/h1-12H,13H2. The predicted octanol–water partition coefficient (Wildman–Crippen LogP) is 5.16. The Bertz CT molecular complexity index is 1590. The van der Waals surface area contributed by atoms with Crippen molar-refractivity contribution in [3.05, 3.63) is 84.2 Å². The van der Waals surface area contributed by atoms with Gasteiger partial charge in [-0.1, -0.05) is 36.4 Å². The molecule has 0 atom stereocenters. The quantitative estimate of drug-likeness (QED) is 0.352. The summed E-state index contributed by atoms with van der Waals surface area (Å²) in [7, 11) is 0. The normalized spacial score (nSPS) is 12.9. The Morgan fingerprint density at radius 2 is 1.54 bits per heavy atom. The molecule has 0 amide bonds. The van der Waals surface area contributed by atoms with Gasteiger partial charge in [-0.05, 0) is 47.4 Å². The summed E-state index contributed by atoms with van der Waals surface area (Å²) in [5.74, 6) is 0. The van der Waals surface area contributed by atoms with Crippen molar-refractivity contribution in [3.63, 3.8) is 0 Å². The molecule has 0 radical (unpaired) electrons. The van der Waals surface area contributed by atoms with Crippen LogP contribution in [0.15, 0.2) is 73.1 Å². The second-order valence-electron chi connectivity index (χ2n) is 7.35. The molecule has 0 N–H and O–H groups in total. The van der Waals surface area contributed by atoms with Gasteiger partial charge in [-0.3, -0.25) is 9.38 Å². The van der Waals surface area contributed by atoms with Gasteiger partial charge in [0.05, 0.1) is 11.0 Å². The molecule has 0 spiro atoms. The van der Waals surface area contributed by atoms with E-state index in [1.807, 2.05) is 24.5 Å². The summed E-state index contributed by atoms with van der Waals surface area (Å²) in [6.07, 6.45) is 4.65. The molecule has 0 saturated heterocycles. The fourth-order valence-corrected chi connectivity index (χ4v) is 4.72. The topological polar surface area (TPSA) is 43.1 Å². The van der Waals surface area contributed by atoms with Crippen LogP contribution in [0.25, 0.3) is 49.7 Å². The number of fused-ring (bicyclic) bond motifs is 12. The Balaban J connectivity index is 1.77. The maximum absolute atomic E-state index is 5.12. The number of hydrogen-bond donors (Lipinski definition) is 0. The lowest BCUT2D eigenvalue weighted by molar-refractivity contribution is 1.22. The molecule has 28 heavy (non-hydrogen) atoms. The highest BCUT2D eigenvalue weighted by atomic mass is 15.1. The molecule has 2 aromatic carbocycles. The molecule has 7 rings (SSSR count). The first-order valence-corrected chi connectivity index (χ1v) is 9.44. The van der Waals surface area contributed by atoms with E-state index < -0.39 is 0 Å². The number of benzene rings is 2. The highest BCUT2D eigenvalue weighted by Gasteiger charge is 2.24. The minimum Gasteiger partial charge on any atom is -0.274 e. The van der Waals surface area contributed by atoms with Crippen LogP contribution in [0.5, 0.6) is 0 Å². The number of imidazole rings is 1. The summed E-state index contributed by atoms with van der Waals surface area (Å²) in [6.45, 7) is 0. The fraction of sp³-hybridized carbons (Fsp3) is 0.0417. The van der Waals surface area contributed by atoms with Gasteiger partial charge in [-0.25, -0.2) is 9.97 Å². The first-order valence-electron chi connectivity index (χ1n) is 9.44. The SMILES string of the molecule is c1ccc2c(c1)Cc1ccc3c(nc4c5ncccc5c5cccnc5n34)c1-2. The Morgan fingerprint density at radius 3 is 2.50 bits per heavy atom. The van der Waals surface area contributed by atoms with Crippen molar-refractivity contribution in [3.8, 4) is 11.1 Å². The number of hydrogen-bond acceptors (Lipinski definition) is 3. The third-order valence-corrected chi connectivity index (χ3v) is 5.89. The van der Waals surface area contributed by atoms with Crippen molar-refractivity contribution in [1.29, 1.82) is 0 Å². The van der Waals surface area contributed by atoms with Crippen molar-refractivity contribution >= 4 is 38.6 Å². The minimum atomic E-state index is 0.870. The lowest BCUT2D eigenvalue weighted by Crippen LogP contribution is -1.94. The first-order chi connectivity index (χ1) is 13.9. The second kappa shape index (κ2) is 4.93. The van der Waals surface area contributed by atoms with Crippen molar-refractivity contribution < 1.29 is 0 Å². The monoisotopic (exact) mass is 358 g/mol. The molecule has 1 aliphatic carbocycles. The molecule has 6 aromatic rings. The summed E-state index contributed by atoms with van der Waals surface area (Å²) in [4.78, 5) is 14.5. The maximum Gasteiger partial charge on any atom is 0.166 e. The summed E-state index contributed by atoms with van der Waals surface area (Å²) < 4.78 is 2.17. The Hall–Kier alpha value is -3.79. The van der Waals surface area contributed by atoms with E-state index in [2.05, 4.69) is 57.9 Å². The Kier molecular flexibility index (Phi) is 2.51. The molecule has 130 valence electrons. The van der Waals surface area contributed by atoms with E-state index in [0.717, 1.165) is 45.0 Å². The lowest BCUT2D eigenvalue weighted by Gasteiger charge is -2.07. The van der Waals surface area contributed by atoms with Gasteiger partial charge >= 0.3 is 0 Å². The average Bonchev–Trinajstić information content (AvgIpc) is 3.32. The van der Waals surface area contributed by atoms with E-state index in [-0.39, 0.29) is 0 Å². The second-order valence-corrected chi connectivity index (χ2v) is 7.35. The minimum absolute atomic E-state index is 0.870. The van der Waals surface area contributed by atoms with E-state index in [1.54, 1.807) is 0 Å². The molecule has 4 heteroatoms. The molecular formula is C24H14N4. The zero-order valence-corrected chi connectivity index (χ0v) is 14.9. The molecule has 1 aliphatic rings. The molecule has 0 saturated carbocycles. The fourth-order valence-electron chi connectivity index (χ4n) is 4.72. The van der Waals surface area contributed by atoms with Gasteiger partial charge in [0.2, 0.25) is 0 Å². The molecule has 0 aliphatic heterocycles. The van der Waals surface area contributed by atoms with E-state index >= 15 is 0 Å². The molecule has 4 aromatic heterocycles. The first kappa shape index (κ1) is 14.3. The van der Waals surface area contributed by atoms with E-state index in [0.29, 0.717) is 0 Å². The molecule has 0 fully saturated rings. The highest BCUT2D eigenvalue weighted by Crippen LogP contribution is 2.42. The summed E-state index contributed by atoms with van der Waals surface area (Å²) in [6, 6.07) is 21.2. The van der Waals surface area contributed by atoms with Crippen LogP contribution in [0, 0.1) is 0 Å². The van der Waals surface area contributed by atoms with E-state index in [1.165, 1.54) is 22.3 Å². The van der Waals surface area contributed by atoms with Crippen LogP contribution in [0.4, 0.5) is 0 Å². The molecule has 4 nitrogen and oxygen atoms in total. The van der Waals surface area contributed by atoms with Gasteiger partial charge in [0.25, 0.3) is 0 Å². The third kappa shape index (κ3) is 1.63. The molecule has 0 unspecified atom stereocenters. The van der Waals surface area contributed by atoms with Crippen molar-refractivity contribution in [2.45, 2.75) is 6.42 Å². The van der Waals surface area contributed by atoms with Crippen LogP contribution in [0.3, 0.4) is 0 Å². The van der Waals surface area contributed by atoms with Crippen LogP contribution < -0.4 is 0 Å². The van der Waals surface area contributed by atoms with Crippen LogP contribution in [-0.4, -0.2) is 19.4 Å². The average molecular weight is 358 g/mol. The van der Waals surface area contributed by atoms with Crippen LogP contribution in [-0.2, 0) is 6.42 Å². The van der Waals surface area contributed by atoms with E-state index in [4.69, 9.17) is 9.97 Å². The third-order valence-electron chi connectivity index (χ3n) is 5.89. The predicted molar refractivity (Wildman–Crippen MR) is 112 cm³/mol. The summed E-state index contributed by atoms with van der Waals surface area (Å²) >= 11 is 0. The number of aromatic nitrogens is 4.